The van der Waals surface area contributed by atoms with E-state index < -0.39 is 0 Å². The molecule has 0 atom stereocenters. The number of phenolic OH excluding ortho intramolecular Hbond substituents is 1. The number of benzene rings is 6. The van der Waals surface area contributed by atoms with Crippen LogP contribution in [0.1, 0.15) is 50.7 Å². The Morgan fingerprint density at radius 3 is 2.08 bits per heavy atom. The zero-order chi connectivity index (χ0) is 35.8. The summed E-state index contributed by atoms with van der Waals surface area (Å²) in [5.41, 5.74) is 8.24. The Kier molecular flexibility index (Phi) is 10.2. The van der Waals surface area contributed by atoms with Crippen LogP contribution in [0.15, 0.2) is 146 Å². The Morgan fingerprint density at radius 2 is 1.32 bits per heavy atom. The van der Waals surface area contributed by atoms with Crippen molar-refractivity contribution in [1.82, 2.24) is 15.0 Å². The Bertz CT molecular complexity index is 2480. The molecule has 0 fully saturated rings. The number of hydrogen-bond acceptors (Lipinski definition) is 5. The molecule has 0 aliphatic heterocycles. The van der Waals surface area contributed by atoms with Gasteiger partial charge in [0.2, 0.25) is 0 Å². The second-order valence-electron chi connectivity index (χ2n) is 13.8. The molecule has 8 rings (SSSR count). The van der Waals surface area contributed by atoms with Crippen LogP contribution < -0.4 is 4.90 Å². The van der Waals surface area contributed by atoms with E-state index in [1.807, 2.05) is 60.9 Å². The van der Waals surface area contributed by atoms with E-state index in [0.29, 0.717) is 22.6 Å². The van der Waals surface area contributed by atoms with Gasteiger partial charge in [0, 0.05) is 61.1 Å². The predicted molar refractivity (Wildman–Crippen MR) is 215 cm³/mol. The van der Waals surface area contributed by atoms with Crippen LogP contribution in [0.2, 0.25) is 0 Å². The fourth-order valence-electron chi connectivity index (χ4n) is 6.93. The predicted octanol–water partition coefficient (Wildman–Crippen LogP) is 12.4. The Hall–Kier alpha value is -5.64. The van der Waals surface area contributed by atoms with E-state index in [0.717, 1.165) is 61.0 Å². The molecule has 0 saturated heterocycles. The molecule has 5 nitrogen and oxygen atoms in total. The normalized spacial score (nSPS) is 11.3. The minimum atomic E-state index is 0. The van der Waals surface area contributed by atoms with Crippen molar-refractivity contribution in [2.24, 2.45) is 0 Å². The van der Waals surface area contributed by atoms with Crippen LogP contribution in [-0.4, -0.2) is 20.1 Å². The number of nitrogens with zero attached hydrogens (tertiary/aromatic N) is 4. The molecular weight excluding hydrogens is 832 g/mol. The van der Waals surface area contributed by atoms with Gasteiger partial charge in [0.1, 0.15) is 11.6 Å². The SMILES string of the molecule is CC(C)c1cc(-c2nc(-c3[c-]c(N(c4cccc5ccccc45)c4nccc5ccccc45)ccc3)cnc2-c2ccccc2)c(O)c(C(C)C)c1.[Pt]. The van der Waals surface area contributed by atoms with Gasteiger partial charge in [-0.1, -0.05) is 125 Å². The van der Waals surface area contributed by atoms with Crippen molar-refractivity contribution in [2.75, 3.05) is 4.90 Å². The molecule has 0 spiro atoms. The molecule has 0 bridgehead atoms. The molecule has 0 aliphatic rings. The monoisotopic (exact) mass is 870 g/mol. The van der Waals surface area contributed by atoms with Crippen molar-refractivity contribution in [3.05, 3.63) is 163 Å². The van der Waals surface area contributed by atoms with Gasteiger partial charge in [0.05, 0.1) is 17.1 Å². The number of aromatic hydroxyl groups is 1. The minimum Gasteiger partial charge on any atom is -0.507 e. The summed E-state index contributed by atoms with van der Waals surface area (Å²) in [6.07, 6.45) is 3.68. The van der Waals surface area contributed by atoms with Crippen molar-refractivity contribution in [2.45, 2.75) is 39.5 Å². The van der Waals surface area contributed by atoms with E-state index >= 15 is 0 Å². The number of pyridine rings is 1. The first-order valence-electron chi connectivity index (χ1n) is 17.8. The standard InChI is InChI=1S/C47H39N4O.Pt/c1-30(2)36-27-40(31(3)4)46(52)41(28-36)45-44(34-16-6-5-7-17-34)49-29-42(50-45)35-19-12-20-37(26-35)51(43-23-13-18-32-14-8-10-21-38(32)43)47-39-22-11-9-15-33(39)24-25-48-47;/h5-25,27-31,52H,1-4H3;/q-1;. The average Bonchev–Trinajstić information content (AvgIpc) is 3.18. The number of anilines is 3. The molecule has 1 N–H and O–H groups in total. The fourth-order valence-corrected chi connectivity index (χ4v) is 6.93. The summed E-state index contributed by atoms with van der Waals surface area (Å²) < 4.78 is 0. The Labute approximate surface area is 325 Å². The summed E-state index contributed by atoms with van der Waals surface area (Å²) in [4.78, 5) is 17.5. The molecule has 8 aromatic rings. The van der Waals surface area contributed by atoms with E-state index in [1.54, 1.807) is 0 Å². The summed E-state index contributed by atoms with van der Waals surface area (Å²) in [5.74, 6) is 1.44. The number of phenols is 1. The van der Waals surface area contributed by atoms with Gasteiger partial charge in [-0.05, 0) is 57.6 Å². The zero-order valence-electron chi connectivity index (χ0n) is 30.1. The van der Waals surface area contributed by atoms with Gasteiger partial charge in [-0.2, -0.15) is 0 Å². The fraction of sp³-hybridized carbons (Fsp3) is 0.128. The molecule has 53 heavy (non-hydrogen) atoms. The van der Waals surface area contributed by atoms with Crippen LogP contribution in [0.3, 0.4) is 0 Å². The summed E-state index contributed by atoms with van der Waals surface area (Å²) in [5, 5.41) is 16.2. The maximum absolute atomic E-state index is 11.8. The summed E-state index contributed by atoms with van der Waals surface area (Å²) >= 11 is 0. The molecule has 0 saturated carbocycles. The first-order valence-corrected chi connectivity index (χ1v) is 17.8. The quantitative estimate of drug-likeness (QED) is 0.154. The molecule has 6 aromatic carbocycles. The van der Waals surface area contributed by atoms with E-state index in [4.69, 9.17) is 15.0 Å². The molecule has 0 amide bonds. The van der Waals surface area contributed by atoms with Crippen LogP contribution in [0.5, 0.6) is 5.75 Å². The van der Waals surface area contributed by atoms with Crippen molar-refractivity contribution < 1.29 is 26.2 Å². The van der Waals surface area contributed by atoms with Crippen molar-refractivity contribution in [3.63, 3.8) is 0 Å². The largest absolute Gasteiger partial charge is 0.507 e. The third kappa shape index (κ3) is 6.85. The van der Waals surface area contributed by atoms with Crippen LogP contribution in [-0.2, 0) is 21.1 Å². The summed E-state index contributed by atoms with van der Waals surface area (Å²) in [6, 6.07) is 49.2. The first-order chi connectivity index (χ1) is 25.4. The van der Waals surface area contributed by atoms with Crippen LogP contribution in [0.4, 0.5) is 17.2 Å². The first kappa shape index (κ1) is 35.7. The van der Waals surface area contributed by atoms with E-state index in [-0.39, 0.29) is 38.7 Å². The molecule has 2 heterocycles. The van der Waals surface area contributed by atoms with Crippen LogP contribution in [0, 0.1) is 6.07 Å². The Balaban J connectivity index is 0.00000435. The van der Waals surface area contributed by atoms with Crippen LogP contribution >= 0.6 is 0 Å². The van der Waals surface area contributed by atoms with E-state index in [1.165, 1.54) is 0 Å². The van der Waals surface area contributed by atoms with Crippen molar-refractivity contribution >= 4 is 38.7 Å². The minimum absolute atomic E-state index is 0. The molecule has 0 unspecified atom stereocenters. The smallest absolute Gasteiger partial charge is 0.144 e. The van der Waals surface area contributed by atoms with Gasteiger partial charge >= 0.3 is 0 Å². The maximum atomic E-state index is 11.8. The molecular formula is C47H39N4OPt-. The molecule has 0 aliphatic carbocycles. The van der Waals surface area contributed by atoms with Crippen molar-refractivity contribution in [3.8, 4) is 39.5 Å². The molecule has 0 radical (unpaired) electrons. The van der Waals surface area contributed by atoms with Crippen LogP contribution in [0.25, 0.3) is 55.3 Å². The average molecular weight is 871 g/mol. The second kappa shape index (κ2) is 15.1. The van der Waals surface area contributed by atoms with Gasteiger partial charge < -0.3 is 10.0 Å². The van der Waals surface area contributed by atoms with E-state index in [9.17, 15) is 5.11 Å². The molecule has 264 valence electrons. The maximum Gasteiger partial charge on any atom is 0.144 e. The second-order valence-corrected chi connectivity index (χ2v) is 13.8. The Morgan fingerprint density at radius 1 is 0.642 bits per heavy atom. The number of aromatic nitrogens is 3. The van der Waals surface area contributed by atoms with Gasteiger partial charge in [-0.15, -0.1) is 29.8 Å². The summed E-state index contributed by atoms with van der Waals surface area (Å²) in [7, 11) is 0. The number of fused-ring (bicyclic) bond motifs is 2. The number of rotatable bonds is 8. The molecule has 2 aromatic heterocycles. The van der Waals surface area contributed by atoms with Gasteiger partial charge in [-0.3, -0.25) is 9.97 Å². The molecule has 6 heteroatoms. The van der Waals surface area contributed by atoms with Gasteiger partial charge in [-0.25, -0.2) is 4.98 Å². The summed E-state index contributed by atoms with van der Waals surface area (Å²) in [6.45, 7) is 8.56. The third-order valence-corrected chi connectivity index (χ3v) is 9.69. The van der Waals surface area contributed by atoms with Gasteiger partial charge in [0.25, 0.3) is 0 Å². The zero-order valence-corrected chi connectivity index (χ0v) is 32.3. The van der Waals surface area contributed by atoms with E-state index in [2.05, 4.69) is 124 Å². The number of hydrogen-bond donors (Lipinski definition) is 1. The van der Waals surface area contributed by atoms with Gasteiger partial charge in [0.15, 0.2) is 0 Å². The van der Waals surface area contributed by atoms with Crippen molar-refractivity contribution in [1.29, 1.82) is 0 Å². The third-order valence-electron chi connectivity index (χ3n) is 9.69. The topological polar surface area (TPSA) is 62.1 Å².